The summed E-state index contributed by atoms with van der Waals surface area (Å²) in [7, 11) is 0. The summed E-state index contributed by atoms with van der Waals surface area (Å²) < 4.78 is 43.0. The first-order valence-electron chi connectivity index (χ1n) is 1.47. The molecule has 4 N–H and O–H groups in total. The standard InChI is InChI=1S/Cu.H2O2.3H2O.2O.2Sn.Zn/c;1-2;;;;;;;;/h;1-2H;3*1H2;;;;;/q;;;;;;;2*+2;/p-4. The molecular weight excluding hydrogens is 478 g/mol. The van der Waals surface area contributed by atoms with E-state index in [1.165, 1.54) is 0 Å². The molecule has 67 valence electrons. The third kappa shape index (κ3) is 72.8. The smallest absolute Gasteiger partial charge is 0 e. The molecule has 0 spiro atoms. The van der Waals surface area contributed by atoms with Crippen molar-refractivity contribution in [2.24, 2.45) is 0 Å². The Bertz CT molecular complexity index is 101. The first-order chi connectivity index (χ1) is 4.00. The molecule has 0 rings (SSSR count). The van der Waals surface area contributed by atoms with E-state index in [0.717, 1.165) is 0 Å². The van der Waals surface area contributed by atoms with E-state index in [4.69, 9.17) is 18.7 Å². The van der Waals surface area contributed by atoms with Gasteiger partial charge in [0.15, 0.2) is 0 Å². The fraction of sp³-hybridized carbons (Fsp3) is 0. The van der Waals surface area contributed by atoms with Crippen LogP contribution < -0.4 is 0 Å². The molecule has 11 heteroatoms. The van der Waals surface area contributed by atoms with Gasteiger partial charge in [0.1, 0.15) is 0 Å². The Morgan fingerprint density at radius 3 is 1.18 bits per heavy atom. The zero-order chi connectivity index (χ0) is 7.86. The summed E-state index contributed by atoms with van der Waals surface area (Å²) in [5.74, 6) is 0. The van der Waals surface area contributed by atoms with Crippen LogP contribution in [0.1, 0.15) is 0 Å². The largest absolute Gasteiger partial charge is 0 e. The molecule has 0 unspecified atom stereocenters. The van der Waals surface area contributed by atoms with Gasteiger partial charge in [-0.3, -0.25) is 0 Å². The van der Waals surface area contributed by atoms with Gasteiger partial charge in [0.05, 0.1) is 0 Å². The van der Waals surface area contributed by atoms with E-state index in [0.29, 0.717) is 0 Å². The van der Waals surface area contributed by atoms with Crippen molar-refractivity contribution in [3.8, 4) is 0 Å². The number of hydrogen-bond donors (Lipinski definition) is 4. The molecule has 0 saturated carbocycles. The van der Waals surface area contributed by atoms with E-state index in [1.807, 2.05) is 0 Å². The minimum atomic E-state index is -3.79. The second-order valence-corrected chi connectivity index (χ2v) is 4.29. The second-order valence-electron chi connectivity index (χ2n) is 0.640. The van der Waals surface area contributed by atoms with E-state index in [-0.39, 0.29) is 36.5 Å². The summed E-state index contributed by atoms with van der Waals surface area (Å²) in [4.78, 5) is 0. The van der Waals surface area contributed by atoms with Gasteiger partial charge >= 0.3 is 66.1 Å². The van der Waals surface area contributed by atoms with E-state index in [9.17, 15) is 3.08 Å². The Morgan fingerprint density at radius 1 is 1.09 bits per heavy atom. The maximum absolute atomic E-state index is 9.18. The molecule has 0 aromatic rings. The fourth-order valence-electron chi connectivity index (χ4n) is 0. The topological polar surface area (TPSA) is 124 Å². The molecular formula is H4CuO7Sn2Zn. The molecule has 0 aromatic heterocycles. The predicted molar refractivity (Wildman–Crippen MR) is 23.3 cm³/mol. The molecule has 7 nitrogen and oxygen atoms in total. The first kappa shape index (κ1) is 23.2. The maximum Gasteiger partial charge on any atom is 0 e. The molecule has 1 radical (unpaired) electrons. The van der Waals surface area contributed by atoms with Crippen LogP contribution in [0.25, 0.3) is 0 Å². The molecule has 11 heavy (non-hydrogen) atoms. The van der Waals surface area contributed by atoms with E-state index in [1.54, 1.807) is 0 Å². The van der Waals surface area contributed by atoms with Crippen molar-refractivity contribution in [2.45, 2.75) is 0 Å². The normalized spacial score (nSPS) is 5.82. The summed E-state index contributed by atoms with van der Waals surface area (Å²) in [6.45, 7) is 0. The quantitative estimate of drug-likeness (QED) is 0.182. The van der Waals surface area contributed by atoms with Gasteiger partial charge in [0, 0.05) is 36.5 Å². The van der Waals surface area contributed by atoms with Crippen LogP contribution in [-0.4, -0.2) is 56.7 Å². The van der Waals surface area contributed by atoms with Crippen molar-refractivity contribution in [1.29, 1.82) is 0 Å². The zero-order valence-corrected chi connectivity index (χ0v) is 14.6. The Morgan fingerprint density at radius 2 is 1.18 bits per heavy atom. The number of hydrogen-bond acceptors (Lipinski definition) is 4. The van der Waals surface area contributed by atoms with Crippen molar-refractivity contribution in [3.63, 3.8) is 0 Å². The van der Waals surface area contributed by atoms with Crippen LogP contribution in [0.4, 0.5) is 0 Å². The van der Waals surface area contributed by atoms with Gasteiger partial charge in [-0.1, -0.05) is 0 Å². The van der Waals surface area contributed by atoms with Gasteiger partial charge < -0.3 is 0 Å². The molecule has 0 aliphatic carbocycles. The maximum atomic E-state index is 9.18. The minimum Gasteiger partial charge on any atom is 0 e. The minimum absolute atomic E-state index is 0. The third-order valence-corrected chi connectivity index (χ3v) is 0.524. The average molecular weight is 482 g/mol. The van der Waals surface area contributed by atoms with E-state index in [2.05, 4.69) is 3.22 Å². The summed E-state index contributed by atoms with van der Waals surface area (Å²) in [6.07, 6.45) is 0. The van der Waals surface area contributed by atoms with Gasteiger partial charge in [-0.15, -0.1) is 0 Å². The van der Waals surface area contributed by atoms with Gasteiger partial charge in [-0.25, -0.2) is 0 Å². The first-order valence-corrected chi connectivity index (χ1v) is 8.79. The molecule has 0 atom stereocenters. The Kier molecular flexibility index (Phi) is 38.0. The van der Waals surface area contributed by atoms with E-state index < -0.39 is 41.1 Å². The Hall–Kier alpha value is 2.14. The molecule has 0 aliphatic rings. The van der Waals surface area contributed by atoms with Crippen molar-refractivity contribution in [2.75, 3.05) is 0 Å². The predicted octanol–water partition coefficient (Wildman–Crippen LogP) is -2.73. The zero-order valence-electron chi connectivity index (χ0n) is 5.02. The molecule has 0 bridgehead atoms. The van der Waals surface area contributed by atoms with Gasteiger partial charge in [-0.05, 0) is 0 Å². The van der Waals surface area contributed by atoms with Crippen molar-refractivity contribution < 1.29 is 61.5 Å². The average Bonchev–Trinajstić information content (AvgIpc) is 1.65. The van der Waals surface area contributed by atoms with Gasteiger partial charge in [0.25, 0.3) is 0 Å². The summed E-state index contributed by atoms with van der Waals surface area (Å²) in [5.41, 5.74) is 0. The summed E-state index contributed by atoms with van der Waals surface area (Å²) in [5, 5.41) is 7.17. The fourth-order valence-corrected chi connectivity index (χ4v) is 0. The van der Waals surface area contributed by atoms with Gasteiger partial charge in [0.2, 0.25) is 0 Å². The van der Waals surface area contributed by atoms with Crippen molar-refractivity contribution in [3.05, 3.63) is 0 Å². The summed E-state index contributed by atoms with van der Waals surface area (Å²) in [6, 6.07) is 0. The number of rotatable bonds is 1. The van der Waals surface area contributed by atoms with Crippen molar-refractivity contribution in [1.82, 2.24) is 0 Å². The Balaban J connectivity index is -0.0000000383. The van der Waals surface area contributed by atoms with Crippen LogP contribution in [0, 0.1) is 0 Å². The Labute approximate surface area is 101 Å². The molecule has 0 saturated heterocycles. The molecule has 0 heterocycles. The van der Waals surface area contributed by atoms with Crippen LogP contribution in [0.2, 0.25) is 0 Å². The third-order valence-electron chi connectivity index (χ3n) is 0.0781. The van der Waals surface area contributed by atoms with Crippen LogP contribution in [0.5, 0.6) is 0 Å². The monoisotopic (exact) mass is 483 g/mol. The van der Waals surface area contributed by atoms with Crippen molar-refractivity contribution >= 4 is 41.1 Å². The van der Waals surface area contributed by atoms with Crippen LogP contribution >= 0.6 is 0 Å². The summed E-state index contributed by atoms with van der Waals surface area (Å²) >= 11 is -7.57. The van der Waals surface area contributed by atoms with Crippen LogP contribution in [0.3, 0.4) is 0 Å². The second kappa shape index (κ2) is 18.0. The molecule has 0 fully saturated rings. The van der Waals surface area contributed by atoms with E-state index >= 15 is 0 Å². The van der Waals surface area contributed by atoms with Crippen LogP contribution in [-0.2, 0) is 45.9 Å². The van der Waals surface area contributed by atoms with Crippen LogP contribution in [0.15, 0.2) is 0 Å². The SMILES string of the molecule is [Cu].[O]=[Sn]([OH])[OH].[O]=[Sn]([OH])[O]O.[Zn]. The van der Waals surface area contributed by atoms with Gasteiger partial charge in [-0.2, -0.15) is 0 Å². The molecule has 0 aromatic carbocycles. The molecule has 0 aliphatic heterocycles. The molecule has 0 amide bonds.